The lowest BCUT2D eigenvalue weighted by atomic mass is 9.78. The van der Waals surface area contributed by atoms with Crippen LogP contribution in [0.4, 0.5) is 17.2 Å². The zero-order chi connectivity index (χ0) is 21.1. The predicted molar refractivity (Wildman–Crippen MR) is 117 cm³/mol. The van der Waals surface area contributed by atoms with Crippen LogP contribution in [-0.4, -0.2) is 50.6 Å². The topological polar surface area (TPSA) is 87.5 Å². The number of nitrogens with one attached hydrogen (secondary N) is 2. The summed E-state index contributed by atoms with van der Waals surface area (Å²) in [6, 6.07) is 11.5. The molecule has 7 heteroatoms. The molecule has 4 rings (SSSR count). The number of rotatable bonds is 8. The monoisotopic (exact) mass is 408 g/mol. The Hall–Kier alpha value is -2.93. The van der Waals surface area contributed by atoms with Crippen LogP contribution in [0.2, 0.25) is 0 Å². The number of hydrogen-bond acceptors (Lipinski definition) is 7. The Balaban J connectivity index is 1.77. The molecule has 1 aliphatic carbocycles. The third-order valence-corrected chi connectivity index (χ3v) is 5.91. The summed E-state index contributed by atoms with van der Waals surface area (Å²) in [4.78, 5) is 19.1. The van der Waals surface area contributed by atoms with Crippen molar-refractivity contribution in [2.45, 2.75) is 19.3 Å². The maximum Gasteiger partial charge on any atom is 0.356 e. The summed E-state index contributed by atoms with van der Waals surface area (Å²) in [7, 11) is 3.07. The van der Waals surface area contributed by atoms with Gasteiger partial charge >= 0.3 is 5.97 Å². The zero-order valence-corrected chi connectivity index (χ0v) is 17.5. The lowest BCUT2D eigenvalue weighted by Gasteiger charge is -2.42. The quantitative estimate of drug-likeness (QED) is 0.509. The van der Waals surface area contributed by atoms with E-state index in [1.807, 2.05) is 30.3 Å². The molecule has 1 aromatic heterocycles. The van der Waals surface area contributed by atoms with Crippen molar-refractivity contribution in [3.63, 3.8) is 0 Å². The van der Waals surface area contributed by atoms with Gasteiger partial charge in [0.25, 0.3) is 0 Å². The van der Waals surface area contributed by atoms with Crippen molar-refractivity contribution in [2.75, 3.05) is 44.1 Å². The maximum atomic E-state index is 12.3. The number of esters is 1. The Morgan fingerprint density at radius 1 is 1.23 bits per heavy atom. The second kappa shape index (κ2) is 8.83. The minimum atomic E-state index is -0.483. The second-order valence-corrected chi connectivity index (χ2v) is 8.00. The molecule has 2 heterocycles. The van der Waals surface area contributed by atoms with E-state index in [1.54, 1.807) is 13.2 Å². The van der Waals surface area contributed by atoms with Gasteiger partial charge in [0.2, 0.25) is 0 Å². The SMILES string of the molecule is COCC1CN(c2cc(C(=O)OC)nc(Nc3ccccc3)c2C(=N)C2CCC2)C1. The summed E-state index contributed by atoms with van der Waals surface area (Å²) in [5.41, 5.74) is 3.35. The van der Waals surface area contributed by atoms with Gasteiger partial charge in [-0.1, -0.05) is 24.6 Å². The molecule has 0 bridgehead atoms. The van der Waals surface area contributed by atoms with E-state index >= 15 is 0 Å². The molecule has 0 unspecified atom stereocenters. The summed E-state index contributed by atoms with van der Waals surface area (Å²) in [6.07, 6.45) is 3.19. The van der Waals surface area contributed by atoms with Crippen molar-refractivity contribution in [3.8, 4) is 0 Å². The van der Waals surface area contributed by atoms with Crippen LogP contribution < -0.4 is 10.2 Å². The van der Waals surface area contributed by atoms with Gasteiger partial charge in [0, 0.05) is 43.4 Å². The zero-order valence-electron chi connectivity index (χ0n) is 17.5. The van der Waals surface area contributed by atoms with Crippen LogP contribution in [0.5, 0.6) is 0 Å². The van der Waals surface area contributed by atoms with Crippen LogP contribution in [0, 0.1) is 17.2 Å². The van der Waals surface area contributed by atoms with Gasteiger partial charge in [0.15, 0.2) is 5.69 Å². The number of nitrogens with zero attached hydrogens (tertiary/aromatic N) is 2. The Kier molecular flexibility index (Phi) is 5.99. The first-order valence-electron chi connectivity index (χ1n) is 10.4. The van der Waals surface area contributed by atoms with E-state index in [2.05, 4.69) is 15.2 Å². The average Bonchev–Trinajstić information content (AvgIpc) is 2.68. The fourth-order valence-electron chi connectivity index (χ4n) is 4.01. The number of aromatic nitrogens is 1. The smallest absolute Gasteiger partial charge is 0.356 e. The van der Waals surface area contributed by atoms with Crippen LogP contribution in [0.1, 0.15) is 35.3 Å². The molecule has 0 radical (unpaired) electrons. The highest BCUT2D eigenvalue weighted by atomic mass is 16.5. The van der Waals surface area contributed by atoms with Crippen LogP contribution in [0.3, 0.4) is 0 Å². The Morgan fingerprint density at radius 2 is 1.97 bits per heavy atom. The molecule has 158 valence electrons. The minimum Gasteiger partial charge on any atom is -0.464 e. The standard InChI is InChI=1S/C23H28N4O3/c1-29-14-15-12-27(13-15)19-11-18(23(28)30-2)26-22(25-17-9-4-3-5-10-17)20(19)21(24)16-7-6-8-16/h3-5,9-11,15-16,24H,6-8,12-14H2,1-2H3,(H,25,26). The van der Waals surface area contributed by atoms with E-state index in [4.69, 9.17) is 14.9 Å². The average molecular weight is 409 g/mol. The number of anilines is 3. The number of hydrogen-bond donors (Lipinski definition) is 2. The molecule has 1 saturated carbocycles. The number of methoxy groups -OCH3 is 2. The molecule has 0 atom stereocenters. The molecule has 0 amide bonds. The Labute approximate surface area is 176 Å². The van der Waals surface area contributed by atoms with Gasteiger partial charge < -0.3 is 25.1 Å². The van der Waals surface area contributed by atoms with Gasteiger partial charge in [-0.15, -0.1) is 0 Å². The van der Waals surface area contributed by atoms with E-state index in [0.717, 1.165) is 49.3 Å². The summed E-state index contributed by atoms with van der Waals surface area (Å²) in [6.45, 7) is 2.36. The van der Waals surface area contributed by atoms with Gasteiger partial charge in [-0.05, 0) is 31.0 Å². The van der Waals surface area contributed by atoms with Crippen LogP contribution >= 0.6 is 0 Å². The van der Waals surface area contributed by atoms with Crippen molar-refractivity contribution in [3.05, 3.63) is 47.7 Å². The fraction of sp³-hybridized carbons (Fsp3) is 0.435. The Bertz CT molecular complexity index is 922. The summed E-state index contributed by atoms with van der Waals surface area (Å²) in [5, 5.41) is 12.3. The highest BCUT2D eigenvalue weighted by Crippen LogP contribution is 2.39. The summed E-state index contributed by atoms with van der Waals surface area (Å²) < 4.78 is 10.2. The second-order valence-electron chi connectivity index (χ2n) is 8.00. The maximum absolute atomic E-state index is 12.3. The van der Waals surface area contributed by atoms with E-state index in [-0.39, 0.29) is 11.6 Å². The first-order chi connectivity index (χ1) is 14.6. The lowest BCUT2D eigenvalue weighted by Crippen LogP contribution is -2.49. The number of ether oxygens (including phenoxy) is 2. The van der Waals surface area contributed by atoms with Crippen LogP contribution in [0.25, 0.3) is 0 Å². The van der Waals surface area contributed by atoms with Crippen molar-refractivity contribution >= 4 is 28.9 Å². The van der Waals surface area contributed by atoms with Crippen molar-refractivity contribution < 1.29 is 14.3 Å². The van der Waals surface area contributed by atoms with E-state index < -0.39 is 5.97 Å². The number of para-hydroxylation sites is 1. The van der Waals surface area contributed by atoms with Crippen molar-refractivity contribution in [2.24, 2.45) is 11.8 Å². The van der Waals surface area contributed by atoms with E-state index in [9.17, 15) is 4.79 Å². The van der Waals surface area contributed by atoms with Crippen molar-refractivity contribution in [1.82, 2.24) is 4.98 Å². The molecule has 1 saturated heterocycles. The van der Waals surface area contributed by atoms with Gasteiger partial charge in [-0.3, -0.25) is 0 Å². The van der Waals surface area contributed by atoms with E-state index in [1.165, 1.54) is 7.11 Å². The number of carbonyl (C=O) groups is 1. The molecule has 2 aliphatic rings. The van der Waals surface area contributed by atoms with Crippen molar-refractivity contribution in [1.29, 1.82) is 5.41 Å². The van der Waals surface area contributed by atoms with Gasteiger partial charge in [-0.25, -0.2) is 9.78 Å². The third-order valence-electron chi connectivity index (χ3n) is 5.91. The molecule has 2 aromatic rings. The third kappa shape index (κ3) is 4.03. The van der Waals surface area contributed by atoms with Crippen LogP contribution in [0.15, 0.2) is 36.4 Å². The molecular weight excluding hydrogens is 380 g/mol. The largest absolute Gasteiger partial charge is 0.464 e. The molecule has 2 N–H and O–H groups in total. The highest BCUT2D eigenvalue weighted by Gasteiger charge is 2.34. The first-order valence-corrected chi connectivity index (χ1v) is 10.4. The summed E-state index contributed by atoms with van der Waals surface area (Å²) >= 11 is 0. The van der Waals surface area contributed by atoms with Crippen LogP contribution in [-0.2, 0) is 9.47 Å². The molecule has 1 aromatic carbocycles. The highest BCUT2D eigenvalue weighted by molar-refractivity contribution is 6.10. The molecule has 0 spiro atoms. The fourth-order valence-corrected chi connectivity index (χ4v) is 4.01. The first kappa shape index (κ1) is 20.3. The van der Waals surface area contributed by atoms with Gasteiger partial charge in [-0.2, -0.15) is 0 Å². The number of benzene rings is 1. The lowest BCUT2D eigenvalue weighted by molar-refractivity contribution is 0.0594. The Morgan fingerprint density at radius 3 is 2.57 bits per heavy atom. The van der Waals surface area contributed by atoms with Gasteiger partial charge in [0.05, 0.1) is 25.0 Å². The van der Waals surface area contributed by atoms with E-state index in [0.29, 0.717) is 24.1 Å². The normalized spacial score (nSPS) is 16.5. The molecular formula is C23H28N4O3. The molecule has 30 heavy (non-hydrogen) atoms. The molecule has 2 fully saturated rings. The molecule has 7 nitrogen and oxygen atoms in total. The molecule has 1 aliphatic heterocycles. The van der Waals surface area contributed by atoms with Gasteiger partial charge in [0.1, 0.15) is 5.82 Å². The number of pyridine rings is 1. The minimum absolute atomic E-state index is 0.238. The summed E-state index contributed by atoms with van der Waals surface area (Å²) in [5.74, 6) is 0.733. The number of carbonyl (C=O) groups excluding carboxylic acids is 1. The predicted octanol–water partition coefficient (Wildman–Crippen LogP) is 3.86.